The molecule has 0 saturated carbocycles. The van der Waals surface area contributed by atoms with Crippen molar-refractivity contribution in [3.8, 4) is 5.75 Å². The van der Waals surface area contributed by atoms with Crippen molar-refractivity contribution >= 4 is 5.65 Å². The van der Waals surface area contributed by atoms with Crippen molar-refractivity contribution < 1.29 is 9.84 Å². The molecule has 1 atom stereocenters. The highest BCUT2D eigenvalue weighted by atomic mass is 16.5. The van der Waals surface area contributed by atoms with Gasteiger partial charge in [0, 0.05) is 18.2 Å². The molecule has 0 aliphatic rings. The van der Waals surface area contributed by atoms with Gasteiger partial charge in [-0.05, 0) is 31.5 Å². The Morgan fingerprint density at radius 1 is 1.23 bits per heavy atom. The quantitative estimate of drug-likeness (QED) is 0.803. The van der Waals surface area contributed by atoms with Crippen LogP contribution in [0, 0.1) is 6.92 Å². The van der Waals surface area contributed by atoms with E-state index in [0.717, 1.165) is 33.9 Å². The van der Waals surface area contributed by atoms with Gasteiger partial charge in [0.2, 0.25) is 0 Å². The highest BCUT2D eigenvalue weighted by molar-refractivity contribution is 5.47. The first kappa shape index (κ1) is 14.6. The summed E-state index contributed by atoms with van der Waals surface area (Å²) in [6.45, 7) is 3.81. The Hall–Kier alpha value is -2.33. The van der Waals surface area contributed by atoms with E-state index in [-0.39, 0.29) is 0 Å². The van der Waals surface area contributed by atoms with E-state index in [4.69, 9.17) is 9.72 Å². The fourth-order valence-corrected chi connectivity index (χ4v) is 2.82. The van der Waals surface area contributed by atoms with Gasteiger partial charge in [0.1, 0.15) is 11.4 Å². The molecule has 0 aliphatic carbocycles. The summed E-state index contributed by atoms with van der Waals surface area (Å²) in [6.07, 6.45) is 2.06. The zero-order chi connectivity index (χ0) is 15.7. The molecule has 22 heavy (non-hydrogen) atoms. The number of rotatable bonds is 4. The molecule has 1 N–H and O–H groups in total. The van der Waals surface area contributed by atoms with Crippen LogP contribution in [0.5, 0.6) is 5.75 Å². The third-order valence-corrected chi connectivity index (χ3v) is 3.83. The lowest BCUT2D eigenvalue weighted by molar-refractivity contribution is 0.192. The van der Waals surface area contributed by atoms with Crippen LogP contribution in [0.15, 0.2) is 42.6 Å². The van der Waals surface area contributed by atoms with Gasteiger partial charge in [0.15, 0.2) is 0 Å². The highest BCUT2D eigenvalue weighted by Gasteiger charge is 2.18. The van der Waals surface area contributed by atoms with Crippen LogP contribution in [-0.4, -0.2) is 21.6 Å². The molecule has 4 heteroatoms. The molecule has 2 heterocycles. The SMILES string of the molecule is COc1ccccc1Cc1nc2ccc(C)cn2c1C(C)O. The first-order valence-electron chi connectivity index (χ1n) is 7.37. The Morgan fingerprint density at radius 3 is 2.73 bits per heavy atom. The standard InChI is InChI=1S/C18H20N2O2/c1-12-8-9-17-19-15(18(13(2)21)20(17)11-12)10-14-6-4-5-7-16(14)22-3/h4-9,11,13,21H,10H2,1-3H3. The van der Waals surface area contributed by atoms with Crippen LogP contribution in [0.1, 0.15) is 35.5 Å². The van der Waals surface area contributed by atoms with Gasteiger partial charge < -0.3 is 14.2 Å². The molecule has 0 saturated heterocycles. The third-order valence-electron chi connectivity index (χ3n) is 3.83. The van der Waals surface area contributed by atoms with E-state index in [9.17, 15) is 5.11 Å². The third kappa shape index (κ3) is 2.57. The van der Waals surface area contributed by atoms with Crippen molar-refractivity contribution in [3.63, 3.8) is 0 Å². The smallest absolute Gasteiger partial charge is 0.137 e. The summed E-state index contributed by atoms with van der Waals surface area (Å²) >= 11 is 0. The minimum atomic E-state index is -0.582. The minimum Gasteiger partial charge on any atom is -0.496 e. The predicted molar refractivity (Wildman–Crippen MR) is 86.4 cm³/mol. The van der Waals surface area contributed by atoms with Gasteiger partial charge >= 0.3 is 0 Å². The maximum Gasteiger partial charge on any atom is 0.137 e. The predicted octanol–water partition coefficient (Wildman–Crippen LogP) is 3.30. The molecule has 1 unspecified atom stereocenters. The lowest BCUT2D eigenvalue weighted by Crippen LogP contribution is -2.03. The number of hydrogen-bond acceptors (Lipinski definition) is 3. The number of methoxy groups -OCH3 is 1. The van der Waals surface area contributed by atoms with E-state index >= 15 is 0 Å². The van der Waals surface area contributed by atoms with Gasteiger partial charge in [0.05, 0.1) is 24.6 Å². The van der Waals surface area contributed by atoms with E-state index in [0.29, 0.717) is 6.42 Å². The van der Waals surface area contributed by atoms with E-state index in [2.05, 4.69) is 0 Å². The summed E-state index contributed by atoms with van der Waals surface area (Å²) in [4.78, 5) is 4.69. The minimum absolute atomic E-state index is 0.582. The van der Waals surface area contributed by atoms with Crippen molar-refractivity contribution in [2.75, 3.05) is 7.11 Å². The van der Waals surface area contributed by atoms with Gasteiger partial charge in [-0.15, -0.1) is 0 Å². The zero-order valence-electron chi connectivity index (χ0n) is 13.1. The molecular weight excluding hydrogens is 276 g/mol. The van der Waals surface area contributed by atoms with Crippen molar-refractivity contribution in [1.29, 1.82) is 0 Å². The molecule has 0 aliphatic heterocycles. The summed E-state index contributed by atoms with van der Waals surface area (Å²) in [7, 11) is 1.67. The number of ether oxygens (including phenoxy) is 1. The number of pyridine rings is 1. The van der Waals surface area contributed by atoms with E-state index in [1.54, 1.807) is 14.0 Å². The molecule has 114 valence electrons. The van der Waals surface area contributed by atoms with Crippen LogP contribution in [0.25, 0.3) is 5.65 Å². The summed E-state index contributed by atoms with van der Waals surface area (Å²) in [6, 6.07) is 11.9. The van der Waals surface area contributed by atoms with Crippen LogP contribution in [0.4, 0.5) is 0 Å². The number of aliphatic hydroxyl groups excluding tert-OH is 1. The Balaban J connectivity index is 2.12. The molecule has 3 rings (SSSR count). The summed E-state index contributed by atoms with van der Waals surface area (Å²) in [5.41, 5.74) is 4.77. The first-order valence-corrected chi connectivity index (χ1v) is 7.37. The lowest BCUT2D eigenvalue weighted by atomic mass is 10.1. The molecule has 3 aromatic rings. The lowest BCUT2D eigenvalue weighted by Gasteiger charge is -2.10. The average Bonchev–Trinajstić information content (AvgIpc) is 2.85. The number of fused-ring (bicyclic) bond motifs is 1. The average molecular weight is 296 g/mol. The van der Waals surface area contributed by atoms with Gasteiger partial charge in [-0.25, -0.2) is 4.98 Å². The molecule has 0 radical (unpaired) electrons. The highest BCUT2D eigenvalue weighted by Crippen LogP contribution is 2.26. The second kappa shape index (κ2) is 5.81. The van der Waals surface area contributed by atoms with Crippen LogP contribution >= 0.6 is 0 Å². The Kier molecular flexibility index (Phi) is 3.86. The van der Waals surface area contributed by atoms with E-state index < -0.39 is 6.10 Å². The monoisotopic (exact) mass is 296 g/mol. The van der Waals surface area contributed by atoms with Gasteiger partial charge in [-0.3, -0.25) is 0 Å². The zero-order valence-corrected chi connectivity index (χ0v) is 13.1. The fraction of sp³-hybridized carbons (Fsp3) is 0.278. The van der Waals surface area contributed by atoms with Gasteiger partial charge in [-0.2, -0.15) is 0 Å². The second-order valence-electron chi connectivity index (χ2n) is 5.54. The summed E-state index contributed by atoms with van der Waals surface area (Å²) < 4.78 is 7.39. The van der Waals surface area contributed by atoms with Gasteiger partial charge in [0.25, 0.3) is 0 Å². The van der Waals surface area contributed by atoms with Crippen LogP contribution in [0.3, 0.4) is 0 Å². The van der Waals surface area contributed by atoms with Crippen LogP contribution in [0.2, 0.25) is 0 Å². The van der Waals surface area contributed by atoms with Crippen LogP contribution in [-0.2, 0) is 6.42 Å². The fourth-order valence-electron chi connectivity index (χ4n) is 2.82. The van der Waals surface area contributed by atoms with Crippen molar-refractivity contribution in [2.45, 2.75) is 26.4 Å². The number of nitrogens with zero attached hydrogens (tertiary/aromatic N) is 2. The van der Waals surface area contributed by atoms with Crippen molar-refractivity contribution in [3.05, 3.63) is 65.1 Å². The van der Waals surface area contributed by atoms with Gasteiger partial charge in [-0.1, -0.05) is 24.3 Å². The second-order valence-corrected chi connectivity index (χ2v) is 5.54. The van der Waals surface area contributed by atoms with E-state index in [1.807, 2.05) is 53.9 Å². The summed E-state index contributed by atoms with van der Waals surface area (Å²) in [5, 5.41) is 10.2. The number of aliphatic hydroxyl groups is 1. The molecule has 0 fully saturated rings. The molecule has 1 aromatic carbocycles. The van der Waals surface area contributed by atoms with Crippen LogP contribution < -0.4 is 4.74 Å². The van der Waals surface area contributed by atoms with E-state index in [1.165, 1.54) is 0 Å². The number of aryl methyl sites for hydroxylation is 1. The van der Waals surface area contributed by atoms with Crippen molar-refractivity contribution in [1.82, 2.24) is 9.38 Å². The topological polar surface area (TPSA) is 46.8 Å². The number of para-hydroxylation sites is 1. The summed E-state index contributed by atoms with van der Waals surface area (Å²) in [5.74, 6) is 0.840. The number of aromatic nitrogens is 2. The Bertz CT molecular complexity index is 806. The number of hydrogen-bond donors (Lipinski definition) is 1. The van der Waals surface area contributed by atoms with Crippen molar-refractivity contribution in [2.24, 2.45) is 0 Å². The molecule has 0 amide bonds. The first-order chi connectivity index (χ1) is 10.6. The normalized spacial score (nSPS) is 12.5. The maximum atomic E-state index is 10.2. The molecular formula is C18H20N2O2. The number of benzene rings is 1. The molecule has 4 nitrogen and oxygen atoms in total. The molecule has 2 aromatic heterocycles. The largest absolute Gasteiger partial charge is 0.496 e. The molecule has 0 spiro atoms. The molecule has 0 bridgehead atoms. The maximum absolute atomic E-state index is 10.2. The Morgan fingerprint density at radius 2 is 2.00 bits per heavy atom. The Labute approximate surface area is 130 Å². The number of imidazole rings is 1.